The highest BCUT2D eigenvalue weighted by molar-refractivity contribution is 5.52. The number of aliphatic hydroxyl groups is 1. The van der Waals surface area contributed by atoms with Gasteiger partial charge in [-0.2, -0.15) is 9.97 Å². The minimum Gasteiger partial charge on any atom is -0.497 e. The van der Waals surface area contributed by atoms with Gasteiger partial charge in [0, 0.05) is 32.3 Å². The number of hydrogen-bond donors (Lipinski definition) is 1. The van der Waals surface area contributed by atoms with E-state index in [1.807, 2.05) is 84.9 Å². The van der Waals surface area contributed by atoms with E-state index >= 15 is 0 Å². The third kappa shape index (κ3) is 5.75. The third-order valence-electron chi connectivity index (χ3n) is 8.21. The van der Waals surface area contributed by atoms with Gasteiger partial charge in [-0.1, -0.05) is 60.7 Å². The molecule has 0 spiro atoms. The van der Waals surface area contributed by atoms with Crippen LogP contribution in [0.5, 0.6) is 11.5 Å². The van der Waals surface area contributed by atoms with Gasteiger partial charge < -0.3 is 29.0 Å². The normalized spacial score (nSPS) is 18.2. The molecule has 0 amide bonds. The van der Waals surface area contributed by atoms with Crippen LogP contribution in [-0.2, 0) is 15.1 Å². The second-order valence-electron chi connectivity index (χ2n) is 11.1. The summed E-state index contributed by atoms with van der Waals surface area (Å²) in [6.07, 6.45) is -0.0480. The van der Waals surface area contributed by atoms with Crippen molar-refractivity contribution in [2.45, 2.75) is 30.3 Å². The lowest BCUT2D eigenvalue weighted by molar-refractivity contribution is -0.0826. The summed E-state index contributed by atoms with van der Waals surface area (Å²) in [5, 5.41) is 11.3. The monoisotopic (exact) mass is 608 g/mol. The predicted octanol–water partition coefficient (Wildman–Crippen LogP) is 4.37. The van der Waals surface area contributed by atoms with Crippen LogP contribution in [-0.4, -0.2) is 66.6 Å². The molecule has 10 nitrogen and oxygen atoms in total. The molecule has 3 heterocycles. The zero-order valence-corrected chi connectivity index (χ0v) is 25.7. The van der Waals surface area contributed by atoms with E-state index in [9.17, 15) is 9.90 Å². The zero-order valence-electron chi connectivity index (χ0n) is 25.7. The molecule has 1 aliphatic rings. The number of anilines is 1. The van der Waals surface area contributed by atoms with Crippen LogP contribution in [0, 0.1) is 0 Å². The topological polar surface area (TPSA) is 108 Å². The molecule has 2 aromatic heterocycles. The quantitative estimate of drug-likeness (QED) is 0.231. The highest BCUT2D eigenvalue weighted by Gasteiger charge is 2.42. The summed E-state index contributed by atoms with van der Waals surface area (Å²) in [7, 11) is 6.83. The lowest BCUT2D eigenvalue weighted by Gasteiger charge is -2.37. The van der Waals surface area contributed by atoms with Gasteiger partial charge >= 0.3 is 5.69 Å². The van der Waals surface area contributed by atoms with Crippen molar-refractivity contribution in [1.29, 1.82) is 0 Å². The van der Waals surface area contributed by atoms with Gasteiger partial charge in [-0.25, -0.2) is 4.79 Å². The molecule has 1 N–H and O–H groups in total. The molecule has 3 atom stereocenters. The van der Waals surface area contributed by atoms with E-state index in [2.05, 4.69) is 9.97 Å². The maximum atomic E-state index is 12.8. The van der Waals surface area contributed by atoms with Gasteiger partial charge in [0.2, 0.25) is 5.95 Å². The largest absolute Gasteiger partial charge is 0.497 e. The summed E-state index contributed by atoms with van der Waals surface area (Å²) in [5.74, 6) is 1.75. The molecule has 6 rings (SSSR count). The first-order chi connectivity index (χ1) is 21.8. The van der Waals surface area contributed by atoms with Crippen LogP contribution in [0.3, 0.4) is 0 Å². The maximum Gasteiger partial charge on any atom is 0.356 e. The highest BCUT2D eigenvalue weighted by atomic mass is 16.6. The number of aromatic nitrogens is 3. The smallest absolute Gasteiger partial charge is 0.356 e. The van der Waals surface area contributed by atoms with Crippen molar-refractivity contribution in [3.8, 4) is 11.5 Å². The average Bonchev–Trinajstić information content (AvgIpc) is 3.45. The number of benzene rings is 3. The first kappa shape index (κ1) is 30.3. The van der Waals surface area contributed by atoms with Crippen molar-refractivity contribution in [3.05, 3.63) is 130 Å². The number of ether oxygens (including phenoxy) is 4. The SMILES string of the molecule is COc1ccc(C(OC[C@H]2O[C@@H](c3cccn4c(=O)nc(N(C)C)nc34)C[C@@H]2O)(c2ccccc2)c2ccc(OC)cc2)cc1. The number of hydrogen-bond acceptors (Lipinski definition) is 9. The van der Waals surface area contributed by atoms with Gasteiger partial charge in [0.05, 0.1) is 33.0 Å². The van der Waals surface area contributed by atoms with Crippen LogP contribution in [0.15, 0.2) is 102 Å². The fourth-order valence-electron chi connectivity index (χ4n) is 5.86. The Morgan fingerprint density at radius 1 is 0.867 bits per heavy atom. The van der Waals surface area contributed by atoms with Crippen molar-refractivity contribution < 1.29 is 24.1 Å². The second kappa shape index (κ2) is 12.7. The fourth-order valence-corrected chi connectivity index (χ4v) is 5.86. The van der Waals surface area contributed by atoms with Gasteiger partial charge in [-0.15, -0.1) is 0 Å². The van der Waals surface area contributed by atoms with Gasteiger partial charge in [0.15, 0.2) is 5.65 Å². The summed E-state index contributed by atoms with van der Waals surface area (Å²) < 4.78 is 25.8. The van der Waals surface area contributed by atoms with Crippen LogP contribution in [0.2, 0.25) is 0 Å². The standard InChI is InChI=1S/C35H36N4O6/c1-38(2)33-36-32-28(11-8-20-39(32)34(41)37-33)30-21-29(40)31(45-30)22-44-35(23-9-6-5-7-10-23,24-12-16-26(42-3)17-13-24)25-14-18-27(43-4)19-15-25/h5-20,29-31,40H,21-22H2,1-4H3/t29-,30+,31+/m0/s1. The van der Waals surface area contributed by atoms with Crippen molar-refractivity contribution in [3.63, 3.8) is 0 Å². The Balaban J connectivity index is 1.38. The Bertz CT molecular complexity index is 1760. The van der Waals surface area contributed by atoms with Crippen molar-refractivity contribution >= 4 is 11.6 Å². The van der Waals surface area contributed by atoms with Crippen LogP contribution < -0.4 is 20.1 Å². The zero-order chi connectivity index (χ0) is 31.6. The summed E-state index contributed by atoms with van der Waals surface area (Å²) in [6.45, 7) is 0.0767. The summed E-state index contributed by atoms with van der Waals surface area (Å²) in [4.78, 5) is 23.1. The number of rotatable bonds is 10. The molecular weight excluding hydrogens is 572 g/mol. The average molecular weight is 609 g/mol. The summed E-state index contributed by atoms with van der Waals surface area (Å²) in [6, 6.07) is 29.2. The molecular formula is C35H36N4O6. The molecule has 0 unspecified atom stereocenters. The maximum absolute atomic E-state index is 12.8. The second-order valence-corrected chi connectivity index (χ2v) is 11.1. The van der Waals surface area contributed by atoms with Gasteiger partial charge in [0.25, 0.3) is 0 Å². The third-order valence-corrected chi connectivity index (χ3v) is 8.21. The van der Waals surface area contributed by atoms with E-state index in [-0.39, 0.29) is 6.61 Å². The van der Waals surface area contributed by atoms with E-state index < -0.39 is 29.6 Å². The Morgan fingerprint density at radius 2 is 1.47 bits per heavy atom. The minimum atomic E-state index is -1.05. The number of pyridine rings is 1. The molecule has 10 heteroatoms. The first-order valence-corrected chi connectivity index (χ1v) is 14.7. The van der Waals surface area contributed by atoms with Crippen LogP contribution in [0.1, 0.15) is 34.8 Å². The Morgan fingerprint density at radius 3 is 2.04 bits per heavy atom. The Hall–Kier alpha value is -4.77. The minimum absolute atomic E-state index is 0.0767. The van der Waals surface area contributed by atoms with Crippen LogP contribution in [0.4, 0.5) is 5.95 Å². The van der Waals surface area contributed by atoms with Crippen molar-refractivity contribution in [1.82, 2.24) is 14.4 Å². The van der Waals surface area contributed by atoms with Crippen molar-refractivity contribution in [2.75, 3.05) is 39.8 Å². The number of fused-ring (bicyclic) bond motifs is 1. The highest BCUT2D eigenvalue weighted by Crippen LogP contribution is 2.43. The van der Waals surface area contributed by atoms with Gasteiger partial charge in [-0.3, -0.25) is 4.40 Å². The lowest BCUT2D eigenvalue weighted by atomic mass is 9.80. The predicted molar refractivity (Wildman–Crippen MR) is 170 cm³/mol. The van der Waals surface area contributed by atoms with E-state index in [0.29, 0.717) is 23.6 Å². The van der Waals surface area contributed by atoms with E-state index in [1.54, 1.807) is 45.5 Å². The number of nitrogens with zero attached hydrogens (tertiary/aromatic N) is 4. The molecule has 0 radical (unpaired) electrons. The van der Waals surface area contributed by atoms with E-state index in [1.165, 1.54) is 4.40 Å². The molecule has 5 aromatic rings. The van der Waals surface area contributed by atoms with E-state index in [4.69, 9.17) is 18.9 Å². The molecule has 1 aliphatic heterocycles. The van der Waals surface area contributed by atoms with Crippen molar-refractivity contribution in [2.24, 2.45) is 0 Å². The molecule has 3 aromatic carbocycles. The molecule has 1 fully saturated rings. The molecule has 0 saturated carbocycles. The van der Waals surface area contributed by atoms with Gasteiger partial charge in [0.1, 0.15) is 23.2 Å². The van der Waals surface area contributed by atoms with Gasteiger partial charge in [-0.05, 0) is 47.0 Å². The summed E-state index contributed by atoms with van der Waals surface area (Å²) >= 11 is 0. The molecule has 0 bridgehead atoms. The summed E-state index contributed by atoms with van der Waals surface area (Å²) in [5.41, 5.74) is 2.31. The van der Waals surface area contributed by atoms with E-state index in [0.717, 1.165) is 28.2 Å². The number of methoxy groups -OCH3 is 2. The first-order valence-electron chi connectivity index (χ1n) is 14.7. The fraction of sp³-hybridized carbons (Fsp3) is 0.286. The van der Waals surface area contributed by atoms with Crippen LogP contribution >= 0.6 is 0 Å². The number of aliphatic hydroxyl groups excluding tert-OH is 1. The Kier molecular flexibility index (Phi) is 8.53. The molecule has 0 aliphatic carbocycles. The van der Waals surface area contributed by atoms with Crippen LogP contribution in [0.25, 0.3) is 5.65 Å². The molecule has 1 saturated heterocycles. The Labute approximate surface area is 261 Å². The molecule has 45 heavy (non-hydrogen) atoms. The molecule has 232 valence electrons. The lowest BCUT2D eigenvalue weighted by Crippen LogP contribution is -2.38.